The van der Waals surface area contributed by atoms with Gasteiger partial charge in [-0.1, -0.05) is 6.92 Å². The molecular formula is C24H28N8O2. The van der Waals surface area contributed by atoms with Crippen LogP contribution in [0.15, 0.2) is 30.9 Å². The molecule has 2 atom stereocenters. The molecule has 1 saturated heterocycles. The molecule has 10 nitrogen and oxygen atoms in total. The van der Waals surface area contributed by atoms with Gasteiger partial charge in [-0.15, -0.1) is 0 Å². The lowest BCUT2D eigenvalue weighted by Crippen LogP contribution is -2.50. The minimum atomic E-state index is -0.802. The first kappa shape index (κ1) is 21.9. The van der Waals surface area contributed by atoms with E-state index in [0.717, 1.165) is 23.1 Å². The number of carbonyl (C=O) groups excluding carboxylic acids is 2. The molecule has 0 bridgehead atoms. The van der Waals surface area contributed by atoms with Crippen LogP contribution in [0.4, 0.5) is 5.69 Å². The van der Waals surface area contributed by atoms with Crippen LogP contribution in [0.2, 0.25) is 0 Å². The van der Waals surface area contributed by atoms with Crippen molar-refractivity contribution in [2.24, 2.45) is 24.1 Å². The SMILES string of the molecule is CC[C@H]1CN(C(=O)C2(C#N)CC2)CC[C@H]1Nc1c(C(N)=O)cnn2cc(-c3cnn(C)c3)cc12. The van der Waals surface area contributed by atoms with Gasteiger partial charge in [0, 0.05) is 49.7 Å². The Balaban J connectivity index is 1.44. The molecule has 5 rings (SSSR count). The van der Waals surface area contributed by atoms with Crippen LogP contribution in [0.5, 0.6) is 0 Å². The molecule has 1 aliphatic heterocycles. The normalized spacial score (nSPS) is 21.3. The Bertz CT molecular complexity index is 1310. The van der Waals surface area contributed by atoms with E-state index in [4.69, 9.17) is 5.73 Å². The molecule has 10 heteroatoms. The number of rotatable bonds is 6. The van der Waals surface area contributed by atoms with Gasteiger partial charge in [-0.25, -0.2) is 4.52 Å². The molecule has 3 N–H and O–H groups in total. The second-order valence-electron chi connectivity index (χ2n) is 9.41. The van der Waals surface area contributed by atoms with E-state index >= 15 is 0 Å². The fraction of sp³-hybridized carbons (Fsp3) is 0.458. The smallest absolute Gasteiger partial charge is 0.252 e. The molecular weight excluding hydrogens is 432 g/mol. The number of carbonyl (C=O) groups is 2. The number of nitrogens with two attached hydrogens (primary N) is 1. The highest BCUT2D eigenvalue weighted by Gasteiger charge is 2.53. The van der Waals surface area contributed by atoms with Gasteiger partial charge in [-0.2, -0.15) is 15.5 Å². The Hall–Kier alpha value is -3.87. The van der Waals surface area contributed by atoms with E-state index in [1.807, 2.05) is 30.4 Å². The van der Waals surface area contributed by atoms with Gasteiger partial charge >= 0.3 is 0 Å². The molecule has 0 radical (unpaired) electrons. The largest absolute Gasteiger partial charge is 0.379 e. The average molecular weight is 461 g/mol. The molecule has 34 heavy (non-hydrogen) atoms. The highest BCUT2D eigenvalue weighted by Crippen LogP contribution is 2.47. The topological polar surface area (TPSA) is 134 Å². The maximum Gasteiger partial charge on any atom is 0.252 e. The summed E-state index contributed by atoms with van der Waals surface area (Å²) < 4.78 is 3.47. The number of nitrogens with zero attached hydrogens (tertiary/aromatic N) is 6. The first-order valence-corrected chi connectivity index (χ1v) is 11.6. The summed E-state index contributed by atoms with van der Waals surface area (Å²) >= 11 is 0. The maximum atomic E-state index is 12.9. The van der Waals surface area contributed by atoms with Crippen LogP contribution in [0.3, 0.4) is 0 Å². The lowest BCUT2D eigenvalue weighted by molar-refractivity contribution is -0.137. The molecule has 176 valence electrons. The standard InChI is InChI=1S/C24H28N8O2/c1-3-15-12-31(23(34)24(14-25)5-6-24)7-4-19(15)29-21-18(22(26)33)10-28-32-13-16(8-20(21)32)17-9-27-30(2)11-17/h8-11,13,15,19,29H,3-7,12H2,1-2H3,(H2,26,33)/t15-,19+/m0/s1. The molecule has 1 saturated carbocycles. The molecule has 0 aromatic carbocycles. The fourth-order valence-electron chi connectivity index (χ4n) is 4.93. The van der Waals surface area contributed by atoms with Crippen LogP contribution in [-0.2, 0) is 11.8 Å². The zero-order valence-electron chi connectivity index (χ0n) is 19.4. The first-order valence-electron chi connectivity index (χ1n) is 11.6. The summed E-state index contributed by atoms with van der Waals surface area (Å²) in [5.41, 5.74) is 8.52. The average Bonchev–Trinajstić information content (AvgIpc) is 3.31. The van der Waals surface area contributed by atoms with E-state index in [2.05, 4.69) is 28.5 Å². The number of nitrogens with one attached hydrogen (secondary N) is 1. The number of aromatic nitrogens is 4. The van der Waals surface area contributed by atoms with Crippen molar-refractivity contribution in [3.8, 4) is 17.2 Å². The Labute approximate surface area is 197 Å². The summed E-state index contributed by atoms with van der Waals surface area (Å²) in [5, 5.41) is 21.6. The van der Waals surface area contributed by atoms with Gasteiger partial charge < -0.3 is 16.0 Å². The van der Waals surface area contributed by atoms with Crippen LogP contribution >= 0.6 is 0 Å². The number of aryl methyl sites for hydroxylation is 1. The predicted octanol–water partition coefficient (Wildman–Crippen LogP) is 2.18. The van der Waals surface area contributed by atoms with Gasteiger partial charge in [0.15, 0.2) is 0 Å². The number of anilines is 1. The zero-order chi connectivity index (χ0) is 24.0. The highest BCUT2D eigenvalue weighted by molar-refractivity contribution is 6.02. The van der Waals surface area contributed by atoms with Crippen molar-refractivity contribution in [3.05, 3.63) is 36.4 Å². The number of piperidine rings is 1. The Morgan fingerprint density at radius 3 is 2.68 bits per heavy atom. The number of amides is 2. The van der Waals surface area contributed by atoms with E-state index in [1.165, 1.54) is 6.20 Å². The third-order valence-corrected chi connectivity index (χ3v) is 7.19. The minimum absolute atomic E-state index is 0.0382. The quantitative estimate of drug-likeness (QED) is 0.579. The third kappa shape index (κ3) is 3.67. The molecule has 3 aromatic rings. The summed E-state index contributed by atoms with van der Waals surface area (Å²) in [5.74, 6) is -0.412. The summed E-state index contributed by atoms with van der Waals surface area (Å²) in [6.07, 6.45) is 9.98. The van der Waals surface area contributed by atoms with Crippen molar-refractivity contribution < 1.29 is 9.59 Å². The van der Waals surface area contributed by atoms with Gasteiger partial charge in [0.05, 0.1) is 35.2 Å². The number of hydrogen-bond donors (Lipinski definition) is 2. The molecule has 2 amide bonds. The molecule has 2 aliphatic rings. The van der Waals surface area contributed by atoms with Crippen molar-refractivity contribution >= 4 is 23.0 Å². The van der Waals surface area contributed by atoms with Crippen molar-refractivity contribution in [3.63, 3.8) is 0 Å². The summed E-state index contributed by atoms with van der Waals surface area (Å²) in [4.78, 5) is 27.0. The minimum Gasteiger partial charge on any atom is -0.379 e. The first-order chi connectivity index (χ1) is 16.3. The molecule has 0 spiro atoms. The summed E-state index contributed by atoms with van der Waals surface area (Å²) in [6.45, 7) is 3.26. The van der Waals surface area contributed by atoms with Gasteiger partial charge in [-0.05, 0) is 37.7 Å². The van der Waals surface area contributed by atoms with E-state index in [9.17, 15) is 14.9 Å². The van der Waals surface area contributed by atoms with Crippen LogP contribution < -0.4 is 11.1 Å². The predicted molar refractivity (Wildman–Crippen MR) is 126 cm³/mol. The van der Waals surface area contributed by atoms with Crippen LogP contribution in [0.1, 0.15) is 43.0 Å². The van der Waals surface area contributed by atoms with Gasteiger partial charge in [0.25, 0.3) is 5.91 Å². The van der Waals surface area contributed by atoms with Crippen molar-refractivity contribution in [2.75, 3.05) is 18.4 Å². The highest BCUT2D eigenvalue weighted by atomic mass is 16.2. The van der Waals surface area contributed by atoms with Crippen molar-refractivity contribution in [1.29, 1.82) is 5.26 Å². The molecule has 1 aliphatic carbocycles. The van der Waals surface area contributed by atoms with E-state index in [-0.39, 0.29) is 17.9 Å². The lowest BCUT2D eigenvalue weighted by Gasteiger charge is -2.40. The molecule has 2 fully saturated rings. The van der Waals surface area contributed by atoms with Crippen molar-refractivity contribution in [1.82, 2.24) is 24.3 Å². The third-order valence-electron chi connectivity index (χ3n) is 7.19. The second-order valence-corrected chi connectivity index (χ2v) is 9.41. The Morgan fingerprint density at radius 2 is 2.06 bits per heavy atom. The Kier molecular flexibility index (Phi) is 5.27. The summed E-state index contributed by atoms with van der Waals surface area (Å²) in [7, 11) is 1.86. The number of nitriles is 1. The lowest BCUT2D eigenvalue weighted by atomic mass is 9.88. The zero-order valence-corrected chi connectivity index (χ0v) is 19.4. The second kappa shape index (κ2) is 8.17. The number of likely N-dealkylation sites (tertiary alicyclic amines) is 1. The number of fused-ring (bicyclic) bond motifs is 1. The summed E-state index contributed by atoms with van der Waals surface area (Å²) in [6, 6.07) is 4.24. The molecule has 0 unspecified atom stereocenters. The molecule has 4 heterocycles. The van der Waals surface area contributed by atoms with Gasteiger partial charge in [0.2, 0.25) is 5.91 Å². The van der Waals surface area contributed by atoms with Crippen LogP contribution in [0, 0.1) is 22.7 Å². The molecule has 3 aromatic heterocycles. The van der Waals surface area contributed by atoms with E-state index in [0.29, 0.717) is 43.6 Å². The fourth-order valence-corrected chi connectivity index (χ4v) is 4.93. The van der Waals surface area contributed by atoms with Gasteiger partial charge in [0.1, 0.15) is 5.41 Å². The maximum absolute atomic E-state index is 12.9. The Morgan fingerprint density at radius 1 is 1.26 bits per heavy atom. The van der Waals surface area contributed by atoms with E-state index < -0.39 is 11.3 Å². The van der Waals surface area contributed by atoms with Crippen LogP contribution in [0.25, 0.3) is 16.6 Å². The van der Waals surface area contributed by atoms with Crippen LogP contribution in [-0.4, -0.2) is 55.2 Å². The number of hydrogen-bond acceptors (Lipinski definition) is 6. The van der Waals surface area contributed by atoms with Crippen molar-refractivity contribution in [2.45, 2.75) is 38.6 Å². The van der Waals surface area contributed by atoms with E-state index in [1.54, 1.807) is 15.4 Å². The van der Waals surface area contributed by atoms with Gasteiger partial charge in [-0.3, -0.25) is 14.3 Å². The monoisotopic (exact) mass is 460 g/mol. The number of primary amides is 1.